The van der Waals surface area contributed by atoms with Crippen molar-refractivity contribution in [2.75, 3.05) is 18.2 Å². The summed E-state index contributed by atoms with van der Waals surface area (Å²) in [6.45, 7) is 2.52. The first-order valence-corrected chi connectivity index (χ1v) is 13.1. The normalized spacial score (nSPS) is 11.0. The number of amides is 1. The molecule has 2 aromatic carbocycles. The average Bonchev–Trinajstić information content (AvgIpc) is 3.33. The van der Waals surface area contributed by atoms with Crippen LogP contribution >= 0.6 is 23.1 Å². The zero-order valence-electron chi connectivity index (χ0n) is 19.2. The van der Waals surface area contributed by atoms with E-state index in [1.807, 2.05) is 47.8 Å². The van der Waals surface area contributed by atoms with Crippen LogP contribution in [0.4, 0.5) is 5.69 Å². The third-order valence-electron chi connectivity index (χ3n) is 5.39. The first-order valence-electron chi connectivity index (χ1n) is 11.2. The van der Waals surface area contributed by atoms with Crippen LogP contribution < -0.4 is 15.6 Å². The number of carbonyl (C=O) groups is 1. The SMILES string of the molecule is CCCCc1ccc(NC(=O)CSc2nc3ccsc3c(=O)n2Cc2cccc(OC)c2)cc1. The van der Waals surface area contributed by atoms with Crippen LogP contribution in [-0.2, 0) is 17.8 Å². The van der Waals surface area contributed by atoms with Gasteiger partial charge in [-0.3, -0.25) is 14.2 Å². The molecule has 0 aliphatic carbocycles. The number of nitrogens with zero attached hydrogens (tertiary/aromatic N) is 2. The summed E-state index contributed by atoms with van der Waals surface area (Å²) in [6, 6.07) is 17.4. The fourth-order valence-corrected chi connectivity index (χ4v) is 5.17. The van der Waals surface area contributed by atoms with Gasteiger partial charge in [0.05, 0.1) is 24.9 Å². The van der Waals surface area contributed by atoms with E-state index < -0.39 is 0 Å². The van der Waals surface area contributed by atoms with Crippen molar-refractivity contribution in [1.82, 2.24) is 9.55 Å². The van der Waals surface area contributed by atoms with Gasteiger partial charge in [0.15, 0.2) is 5.16 Å². The van der Waals surface area contributed by atoms with Crippen LogP contribution in [0.15, 0.2) is 69.9 Å². The van der Waals surface area contributed by atoms with Crippen molar-refractivity contribution in [1.29, 1.82) is 0 Å². The number of benzene rings is 2. The zero-order chi connectivity index (χ0) is 23.9. The molecule has 34 heavy (non-hydrogen) atoms. The number of anilines is 1. The van der Waals surface area contributed by atoms with E-state index in [2.05, 4.69) is 29.4 Å². The molecule has 0 fully saturated rings. The number of thiophene rings is 1. The maximum Gasteiger partial charge on any atom is 0.272 e. The smallest absolute Gasteiger partial charge is 0.272 e. The lowest BCUT2D eigenvalue weighted by Crippen LogP contribution is -2.24. The summed E-state index contributed by atoms with van der Waals surface area (Å²) in [5.74, 6) is 0.738. The van der Waals surface area contributed by atoms with E-state index in [1.165, 1.54) is 28.7 Å². The number of carbonyl (C=O) groups excluding carboxylic acids is 1. The highest BCUT2D eigenvalue weighted by atomic mass is 32.2. The van der Waals surface area contributed by atoms with Crippen LogP contribution in [0.1, 0.15) is 30.9 Å². The molecule has 2 aromatic heterocycles. The molecule has 0 atom stereocenters. The quantitative estimate of drug-likeness (QED) is 0.230. The average molecular weight is 494 g/mol. The summed E-state index contributed by atoms with van der Waals surface area (Å²) in [5, 5.41) is 5.32. The van der Waals surface area contributed by atoms with Crippen LogP contribution in [0.3, 0.4) is 0 Å². The van der Waals surface area contributed by atoms with Crippen LogP contribution in [0.2, 0.25) is 0 Å². The van der Waals surface area contributed by atoms with Crippen molar-refractivity contribution in [3.05, 3.63) is 81.5 Å². The highest BCUT2D eigenvalue weighted by Gasteiger charge is 2.15. The number of unbranched alkanes of at least 4 members (excludes halogenated alkanes) is 1. The minimum absolute atomic E-state index is 0.103. The molecule has 6 nitrogen and oxygen atoms in total. The summed E-state index contributed by atoms with van der Waals surface area (Å²) in [6.07, 6.45) is 3.35. The Kier molecular flexibility index (Phi) is 8.03. The van der Waals surface area contributed by atoms with Gasteiger partial charge in [-0.2, -0.15) is 0 Å². The van der Waals surface area contributed by atoms with E-state index in [9.17, 15) is 9.59 Å². The van der Waals surface area contributed by atoms with Gasteiger partial charge in [0, 0.05) is 5.69 Å². The summed E-state index contributed by atoms with van der Waals surface area (Å²) in [4.78, 5) is 30.5. The summed E-state index contributed by atoms with van der Waals surface area (Å²) >= 11 is 2.64. The number of rotatable bonds is 10. The number of methoxy groups -OCH3 is 1. The molecule has 1 amide bonds. The predicted octanol–water partition coefficient (Wildman–Crippen LogP) is 5.59. The molecule has 0 saturated carbocycles. The fraction of sp³-hybridized carbons (Fsp3) is 0.269. The highest BCUT2D eigenvalue weighted by Crippen LogP contribution is 2.23. The van der Waals surface area contributed by atoms with Crippen molar-refractivity contribution < 1.29 is 9.53 Å². The number of nitrogens with one attached hydrogen (secondary N) is 1. The second-order valence-corrected chi connectivity index (χ2v) is 9.77. The Hall–Kier alpha value is -3.10. The third kappa shape index (κ3) is 5.87. The lowest BCUT2D eigenvalue weighted by Gasteiger charge is -2.13. The Balaban J connectivity index is 1.50. The molecule has 176 valence electrons. The Morgan fingerprint density at radius 2 is 1.97 bits per heavy atom. The van der Waals surface area contributed by atoms with Crippen LogP contribution in [0.25, 0.3) is 10.2 Å². The van der Waals surface area contributed by atoms with Gasteiger partial charge in [0.1, 0.15) is 10.4 Å². The van der Waals surface area contributed by atoms with Crippen molar-refractivity contribution in [3.63, 3.8) is 0 Å². The molecule has 0 aliphatic rings. The fourth-order valence-electron chi connectivity index (χ4n) is 3.59. The molecular formula is C26H27N3O3S2. The molecule has 0 aliphatic heterocycles. The number of hydrogen-bond donors (Lipinski definition) is 1. The molecule has 0 spiro atoms. The molecule has 0 unspecified atom stereocenters. The van der Waals surface area contributed by atoms with Gasteiger partial charge in [0.25, 0.3) is 5.56 Å². The van der Waals surface area contributed by atoms with E-state index in [1.54, 1.807) is 11.7 Å². The van der Waals surface area contributed by atoms with Crippen molar-refractivity contribution in [2.24, 2.45) is 0 Å². The molecule has 8 heteroatoms. The van der Waals surface area contributed by atoms with Gasteiger partial charge in [-0.25, -0.2) is 4.98 Å². The second-order valence-electron chi connectivity index (χ2n) is 7.91. The zero-order valence-corrected chi connectivity index (χ0v) is 20.9. The number of aryl methyl sites for hydroxylation is 1. The third-order valence-corrected chi connectivity index (χ3v) is 7.26. The van der Waals surface area contributed by atoms with Crippen molar-refractivity contribution in [3.8, 4) is 5.75 Å². The van der Waals surface area contributed by atoms with Gasteiger partial charge in [-0.05, 0) is 59.7 Å². The molecule has 0 radical (unpaired) electrons. The van der Waals surface area contributed by atoms with Crippen LogP contribution in [0.5, 0.6) is 5.75 Å². The maximum atomic E-state index is 13.2. The lowest BCUT2D eigenvalue weighted by atomic mass is 10.1. The molecule has 4 rings (SSSR count). The maximum absolute atomic E-state index is 13.2. The molecule has 4 aromatic rings. The lowest BCUT2D eigenvalue weighted by molar-refractivity contribution is -0.113. The minimum Gasteiger partial charge on any atom is -0.497 e. The van der Waals surface area contributed by atoms with Gasteiger partial charge in [-0.15, -0.1) is 11.3 Å². The number of hydrogen-bond acceptors (Lipinski definition) is 6. The summed E-state index contributed by atoms with van der Waals surface area (Å²) in [5.41, 5.74) is 3.51. The first-order chi connectivity index (χ1) is 16.6. The summed E-state index contributed by atoms with van der Waals surface area (Å²) < 4.78 is 7.56. The molecule has 2 heterocycles. The van der Waals surface area contributed by atoms with E-state index in [0.717, 1.165) is 36.3 Å². The van der Waals surface area contributed by atoms with E-state index in [-0.39, 0.29) is 17.2 Å². The predicted molar refractivity (Wildman–Crippen MR) is 140 cm³/mol. The summed E-state index contributed by atoms with van der Waals surface area (Å²) in [7, 11) is 1.61. The van der Waals surface area contributed by atoms with E-state index in [4.69, 9.17) is 4.74 Å². The number of fused-ring (bicyclic) bond motifs is 1. The molecule has 0 bridgehead atoms. The molecule has 1 N–H and O–H groups in total. The highest BCUT2D eigenvalue weighted by molar-refractivity contribution is 7.99. The Morgan fingerprint density at radius 1 is 1.15 bits per heavy atom. The number of thioether (sulfide) groups is 1. The molecule has 0 saturated heterocycles. The van der Waals surface area contributed by atoms with Gasteiger partial charge >= 0.3 is 0 Å². The largest absolute Gasteiger partial charge is 0.497 e. The van der Waals surface area contributed by atoms with Crippen LogP contribution in [-0.4, -0.2) is 28.3 Å². The topological polar surface area (TPSA) is 73.2 Å². The van der Waals surface area contributed by atoms with Gasteiger partial charge in [0.2, 0.25) is 5.91 Å². The number of ether oxygens (including phenoxy) is 1. The standard InChI is InChI=1S/C26H27N3O3S2/c1-3-4-6-18-9-11-20(12-10-18)27-23(30)17-34-26-28-22-13-14-33-24(22)25(31)29(26)16-19-7-5-8-21(15-19)32-2/h5,7-15H,3-4,6,16-17H2,1-2H3,(H,27,30). The first kappa shape index (κ1) is 24.0. The van der Waals surface area contributed by atoms with E-state index >= 15 is 0 Å². The Labute approximate surface area is 207 Å². The number of aromatic nitrogens is 2. The molecular weight excluding hydrogens is 466 g/mol. The monoisotopic (exact) mass is 493 g/mol. The van der Waals surface area contributed by atoms with Crippen molar-refractivity contribution >= 4 is 44.9 Å². The van der Waals surface area contributed by atoms with Gasteiger partial charge < -0.3 is 10.1 Å². The van der Waals surface area contributed by atoms with Crippen LogP contribution in [0, 0.1) is 0 Å². The minimum atomic E-state index is -0.140. The van der Waals surface area contributed by atoms with Gasteiger partial charge in [-0.1, -0.05) is 49.4 Å². The van der Waals surface area contributed by atoms with E-state index in [0.29, 0.717) is 21.9 Å². The Morgan fingerprint density at radius 3 is 2.74 bits per heavy atom. The van der Waals surface area contributed by atoms with Crippen molar-refractivity contribution in [2.45, 2.75) is 37.9 Å². The second kappa shape index (κ2) is 11.4. The Bertz CT molecular complexity index is 1330.